The van der Waals surface area contributed by atoms with Gasteiger partial charge in [-0.2, -0.15) is 0 Å². The van der Waals surface area contributed by atoms with Gasteiger partial charge in [0.05, 0.1) is 5.92 Å². The van der Waals surface area contributed by atoms with Gasteiger partial charge in [-0.05, 0) is 61.3 Å². The quantitative estimate of drug-likeness (QED) is 0.425. The van der Waals surface area contributed by atoms with Crippen LogP contribution in [0.3, 0.4) is 0 Å². The minimum Gasteiger partial charge on any atom is -0.325 e. The summed E-state index contributed by atoms with van der Waals surface area (Å²) in [7, 11) is 0. The van der Waals surface area contributed by atoms with Gasteiger partial charge in [-0.1, -0.05) is 57.9 Å². The summed E-state index contributed by atoms with van der Waals surface area (Å²) < 4.78 is 0.843. The molecule has 4 heterocycles. The van der Waals surface area contributed by atoms with Crippen molar-refractivity contribution < 1.29 is 14.4 Å². The summed E-state index contributed by atoms with van der Waals surface area (Å²) in [5.41, 5.74) is 0.651. The number of halogens is 2. The predicted octanol–water partition coefficient (Wildman–Crippen LogP) is 5.12. The van der Waals surface area contributed by atoms with Crippen molar-refractivity contribution in [3.63, 3.8) is 0 Å². The Morgan fingerprint density at radius 1 is 0.944 bits per heavy atom. The van der Waals surface area contributed by atoms with Gasteiger partial charge < -0.3 is 10.6 Å². The van der Waals surface area contributed by atoms with E-state index in [1.54, 1.807) is 30.3 Å². The number of para-hydroxylation sites is 1. The van der Waals surface area contributed by atoms with Crippen molar-refractivity contribution in [2.45, 2.75) is 29.8 Å². The van der Waals surface area contributed by atoms with Gasteiger partial charge >= 0.3 is 0 Å². The Hall–Kier alpha value is -3.00. The van der Waals surface area contributed by atoms with Crippen LogP contribution in [0.2, 0.25) is 5.02 Å². The smallest absolute Gasteiger partial charge is 0.250 e. The minimum absolute atomic E-state index is 0.226. The van der Waals surface area contributed by atoms with Crippen LogP contribution < -0.4 is 10.6 Å². The number of carbonyl (C=O) groups is 3. The fraction of sp³-hybridized carbons (Fsp3) is 0.250. The average Bonchev–Trinajstić information content (AvgIpc) is 3.58. The Morgan fingerprint density at radius 3 is 2.47 bits per heavy atom. The fourth-order valence-corrected chi connectivity index (χ4v) is 7.73. The second kappa shape index (κ2) is 7.51. The van der Waals surface area contributed by atoms with Crippen LogP contribution >= 0.6 is 27.5 Å². The van der Waals surface area contributed by atoms with Crippen LogP contribution in [0.15, 0.2) is 71.2 Å². The van der Waals surface area contributed by atoms with Crippen molar-refractivity contribution in [2.24, 2.45) is 5.92 Å². The molecule has 3 aromatic rings. The van der Waals surface area contributed by atoms with Crippen LogP contribution in [0, 0.1) is 5.92 Å². The third-order valence-electron chi connectivity index (χ3n) is 8.48. The molecular formula is C28H21BrClN3O3. The van der Waals surface area contributed by atoms with E-state index in [0.29, 0.717) is 40.5 Å². The van der Waals surface area contributed by atoms with Gasteiger partial charge in [-0.25, -0.2) is 0 Å². The van der Waals surface area contributed by atoms with E-state index in [0.717, 1.165) is 16.5 Å². The topological polar surface area (TPSA) is 78.5 Å². The lowest BCUT2D eigenvalue weighted by Crippen LogP contribution is -2.55. The van der Waals surface area contributed by atoms with Gasteiger partial charge in [0.25, 0.3) is 0 Å². The third-order valence-corrected chi connectivity index (χ3v) is 9.24. The number of hydrogen-bond acceptors (Lipinski definition) is 4. The minimum atomic E-state index is -1.36. The number of nitrogens with one attached hydrogen (secondary N) is 2. The standard InChI is InChI=1S/C28H21BrClN3O3/c29-16-9-7-15(8-10-16)23(34)24-27(18-4-1-2-5-20(18)31-25(27)35)22-6-3-13-33(22)28(24)19-14-17(30)11-12-21(19)32-26(28)36/h1-2,4-5,7-12,14,22,24H,3,6,13H2,(H,31,35)(H,32,36)/t22-,24-,27-,28-/m1/s1. The van der Waals surface area contributed by atoms with Crippen LogP contribution in [-0.4, -0.2) is 35.1 Å². The molecule has 2 amide bonds. The van der Waals surface area contributed by atoms with E-state index >= 15 is 0 Å². The Bertz CT molecular complexity index is 1490. The van der Waals surface area contributed by atoms with Crippen molar-refractivity contribution in [1.29, 1.82) is 0 Å². The maximum atomic E-state index is 14.7. The zero-order chi connectivity index (χ0) is 24.8. The Labute approximate surface area is 221 Å². The van der Waals surface area contributed by atoms with Gasteiger partial charge in [0.15, 0.2) is 5.78 Å². The largest absolute Gasteiger partial charge is 0.325 e. The summed E-state index contributed by atoms with van der Waals surface area (Å²) in [4.78, 5) is 45.1. The normalized spacial score (nSPS) is 29.8. The molecule has 4 atom stereocenters. The molecule has 180 valence electrons. The van der Waals surface area contributed by atoms with Crippen LogP contribution in [0.1, 0.15) is 34.3 Å². The maximum Gasteiger partial charge on any atom is 0.250 e. The van der Waals surface area contributed by atoms with E-state index in [1.807, 2.05) is 36.4 Å². The molecule has 0 unspecified atom stereocenters. The van der Waals surface area contributed by atoms with Gasteiger partial charge in [-0.15, -0.1) is 0 Å². The zero-order valence-electron chi connectivity index (χ0n) is 19.1. The van der Waals surface area contributed by atoms with Crippen molar-refractivity contribution in [3.05, 3.63) is 92.9 Å². The van der Waals surface area contributed by atoms with Crippen LogP contribution in [0.5, 0.6) is 0 Å². The van der Waals surface area contributed by atoms with Crippen molar-refractivity contribution in [2.75, 3.05) is 17.2 Å². The molecule has 2 fully saturated rings. The van der Waals surface area contributed by atoms with Crippen LogP contribution in [-0.2, 0) is 20.5 Å². The first-order valence-electron chi connectivity index (χ1n) is 12.0. The molecular weight excluding hydrogens is 542 g/mol. The number of ketones is 1. The highest BCUT2D eigenvalue weighted by Gasteiger charge is 2.78. The molecule has 0 radical (unpaired) electrons. The van der Waals surface area contributed by atoms with Gasteiger partial charge in [-0.3, -0.25) is 19.3 Å². The number of nitrogens with zero attached hydrogens (tertiary/aromatic N) is 1. The number of hydrogen-bond donors (Lipinski definition) is 2. The first-order valence-corrected chi connectivity index (χ1v) is 13.2. The molecule has 4 aliphatic rings. The highest BCUT2D eigenvalue weighted by Crippen LogP contribution is 2.66. The Morgan fingerprint density at radius 2 is 1.67 bits per heavy atom. The molecule has 3 aromatic carbocycles. The number of benzene rings is 3. The average molecular weight is 563 g/mol. The number of amides is 2. The van der Waals surface area contributed by atoms with E-state index in [4.69, 9.17) is 11.6 Å². The van der Waals surface area contributed by atoms with E-state index in [9.17, 15) is 14.4 Å². The number of carbonyl (C=O) groups excluding carboxylic acids is 3. The maximum absolute atomic E-state index is 14.7. The molecule has 0 aliphatic carbocycles. The van der Waals surface area contributed by atoms with E-state index in [1.165, 1.54) is 0 Å². The van der Waals surface area contributed by atoms with Crippen molar-refractivity contribution >= 4 is 56.5 Å². The van der Waals surface area contributed by atoms with Crippen molar-refractivity contribution in [1.82, 2.24) is 4.90 Å². The van der Waals surface area contributed by atoms with Crippen LogP contribution in [0.25, 0.3) is 0 Å². The summed E-state index contributed by atoms with van der Waals surface area (Å²) in [5, 5.41) is 6.57. The summed E-state index contributed by atoms with van der Waals surface area (Å²) >= 11 is 9.92. The molecule has 2 spiro atoms. The fourth-order valence-electron chi connectivity index (χ4n) is 7.30. The number of anilines is 2. The highest BCUT2D eigenvalue weighted by molar-refractivity contribution is 9.10. The van der Waals surface area contributed by atoms with Gasteiger partial charge in [0.1, 0.15) is 11.0 Å². The molecule has 8 heteroatoms. The van der Waals surface area contributed by atoms with Gasteiger partial charge in [0.2, 0.25) is 11.8 Å². The molecule has 7 rings (SSSR count). The first-order chi connectivity index (χ1) is 17.4. The summed E-state index contributed by atoms with van der Waals surface area (Å²) in [6.07, 6.45) is 1.53. The molecule has 0 bridgehead atoms. The Kier molecular flexibility index (Phi) is 4.63. The molecule has 6 nitrogen and oxygen atoms in total. The molecule has 2 saturated heterocycles. The Balaban J connectivity index is 1.59. The second-order valence-corrected chi connectivity index (χ2v) is 11.3. The molecule has 0 saturated carbocycles. The highest BCUT2D eigenvalue weighted by atomic mass is 79.9. The zero-order valence-corrected chi connectivity index (χ0v) is 21.4. The lowest BCUT2D eigenvalue weighted by molar-refractivity contribution is -0.128. The monoisotopic (exact) mass is 561 g/mol. The third kappa shape index (κ3) is 2.53. The molecule has 0 aromatic heterocycles. The van der Waals surface area contributed by atoms with Crippen molar-refractivity contribution in [3.8, 4) is 0 Å². The SMILES string of the molecule is O=C(c1ccc(Br)cc1)[C@@H]1[C@]2(C(=O)Nc3ccccc32)[C@H]2CCCN2[C@@]12C(=O)Nc1ccc(Cl)cc12. The number of rotatable bonds is 2. The van der Waals surface area contributed by atoms with E-state index in [-0.39, 0.29) is 23.6 Å². The van der Waals surface area contributed by atoms with E-state index in [2.05, 4.69) is 31.5 Å². The molecule has 36 heavy (non-hydrogen) atoms. The molecule has 2 N–H and O–H groups in total. The summed E-state index contributed by atoms with van der Waals surface area (Å²) in [6, 6.07) is 19.7. The number of Topliss-reactive ketones (excluding diaryl/α,β-unsaturated/α-hetero) is 1. The van der Waals surface area contributed by atoms with Crippen LogP contribution in [0.4, 0.5) is 11.4 Å². The number of fused-ring (bicyclic) bond motifs is 7. The van der Waals surface area contributed by atoms with E-state index < -0.39 is 16.9 Å². The molecule has 4 aliphatic heterocycles. The summed E-state index contributed by atoms with van der Waals surface area (Å²) in [6.45, 7) is 0.603. The van der Waals surface area contributed by atoms with Gasteiger partial charge in [0, 0.05) is 38.0 Å². The first kappa shape index (κ1) is 22.2. The second-order valence-electron chi connectivity index (χ2n) is 9.93. The predicted molar refractivity (Wildman–Crippen MR) is 140 cm³/mol. The lowest BCUT2D eigenvalue weighted by atomic mass is 9.60. The summed E-state index contributed by atoms with van der Waals surface area (Å²) in [5.74, 6) is -1.72. The lowest BCUT2D eigenvalue weighted by Gasteiger charge is -2.38.